The Morgan fingerprint density at radius 3 is 2.94 bits per heavy atom. The van der Waals surface area contributed by atoms with Crippen LogP contribution in [0.3, 0.4) is 0 Å². The molecule has 0 bridgehead atoms. The van der Waals surface area contributed by atoms with Gasteiger partial charge in [-0.25, -0.2) is 4.98 Å². The number of hydrogen-bond acceptors (Lipinski definition) is 6. The quantitative estimate of drug-likeness (QED) is 0.891. The van der Waals surface area contributed by atoms with Crippen molar-refractivity contribution in [3.63, 3.8) is 0 Å². The zero-order chi connectivity index (χ0) is 11.4. The maximum atomic E-state index is 4.32. The van der Waals surface area contributed by atoms with Gasteiger partial charge in [0.2, 0.25) is 5.13 Å². The standard InChI is InChI=1S/C10H14N4S2/c1-3-5-11-10-14-13-9(16-10)8-7(4-2)12-6-15-8/h6H,3-5H2,1-2H3,(H,11,14). The fraction of sp³-hybridized carbons (Fsp3) is 0.500. The minimum absolute atomic E-state index is 0.896. The van der Waals surface area contributed by atoms with Gasteiger partial charge in [-0.05, 0) is 12.8 Å². The SMILES string of the molecule is CCCNc1nnc(-c2scnc2CC)s1. The van der Waals surface area contributed by atoms with Gasteiger partial charge in [-0.3, -0.25) is 0 Å². The zero-order valence-electron chi connectivity index (χ0n) is 9.36. The molecule has 0 radical (unpaired) electrons. The predicted molar refractivity (Wildman–Crippen MR) is 69.2 cm³/mol. The Labute approximate surface area is 103 Å². The van der Waals surface area contributed by atoms with Gasteiger partial charge in [0, 0.05) is 6.54 Å². The van der Waals surface area contributed by atoms with Gasteiger partial charge in [-0.2, -0.15) is 0 Å². The highest BCUT2D eigenvalue weighted by Gasteiger charge is 2.12. The molecule has 4 nitrogen and oxygen atoms in total. The van der Waals surface area contributed by atoms with E-state index in [2.05, 4.69) is 34.3 Å². The monoisotopic (exact) mass is 254 g/mol. The molecule has 16 heavy (non-hydrogen) atoms. The maximum absolute atomic E-state index is 4.32. The van der Waals surface area contributed by atoms with Crippen LogP contribution < -0.4 is 5.32 Å². The molecule has 0 amide bonds. The Morgan fingerprint density at radius 1 is 1.31 bits per heavy atom. The van der Waals surface area contributed by atoms with E-state index in [4.69, 9.17) is 0 Å². The van der Waals surface area contributed by atoms with Crippen molar-refractivity contribution in [1.29, 1.82) is 0 Å². The van der Waals surface area contributed by atoms with Gasteiger partial charge in [0.1, 0.15) is 0 Å². The van der Waals surface area contributed by atoms with Crippen LogP contribution in [0.15, 0.2) is 5.51 Å². The first-order valence-electron chi connectivity index (χ1n) is 5.35. The third-order valence-electron chi connectivity index (χ3n) is 2.12. The van der Waals surface area contributed by atoms with Gasteiger partial charge in [-0.1, -0.05) is 25.2 Å². The molecule has 1 N–H and O–H groups in total. The van der Waals surface area contributed by atoms with Crippen molar-refractivity contribution < 1.29 is 0 Å². The summed E-state index contributed by atoms with van der Waals surface area (Å²) in [6.45, 7) is 5.18. The van der Waals surface area contributed by atoms with Gasteiger partial charge in [-0.15, -0.1) is 21.5 Å². The van der Waals surface area contributed by atoms with Crippen LogP contribution in [0.1, 0.15) is 26.0 Å². The third-order valence-corrected chi connectivity index (χ3v) is 4.02. The van der Waals surface area contributed by atoms with E-state index in [1.807, 2.05) is 5.51 Å². The molecule has 0 saturated heterocycles. The van der Waals surface area contributed by atoms with E-state index in [9.17, 15) is 0 Å². The first kappa shape index (κ1) is 11.5. The molecule has 0 aliphatic carbocycles. The second-order valence-corrected chi connectivity index (χ2v) is 5.15. The molecule has 86 valence electrons. The molecular formula is C10H14N4S2. The number of anilines is 1. The van der Waals surface area contributed by atoms with Crippen LogP contribution in [0.25, 0.3) is 9.88 Å². The second kappa shape index (κ2) is 5.36. The zero-order valence-corrected chi connectivity index (χ0v) is 11.0. The fourth-order valence-corrected chi connectivity index (χ4v) is 3.07. The summed E-state index contributed by atoms with van der Waals surface area (Å²) in [4.78, 5) is 5.48. The van der Waals surface area contributed by atoms with Gasteiger partial charge in [0.15, 0.2) is 5.01 Å². The lowest BCUT2D eigenvalue weighted by atomic mass is 10.3. The molecular weight excluding hydrogens is 240 g/mol. The number of hydrogen-bond donors (Lipinski definition) is 1. The summed E-state index contributed by atoms with van der Waals surface area (Å²) in [7, 11) is 0. The summed E-state index contributed by atoms with van der Waals surface area (Å²) in [5.74, 6) is 0. The summed E-state index contributed by atoms with van der Waals surface area (Å²) in [6, 6.07) is 0. The van der Waals surface area contributed by atoms with Crippen LogP contribution in [0.2, 0.25) is 0 Å². The van der Waals surface area contributed by atoms with Crippen molar-refractivity contribution in [1.82, 2.24) is 15.2 Å². The smallest absolute Gasteiger partial charge is 0.206 e. The largest absolute Gasteiger partial charge is 0.360 e. The van der Waals surface area contributed by atoms with E-state index < -0.39 is 0 Å². The highest BCUT2D eigenvalue weighted by Crippen LogP contribution is 2.32. The van der Waals surface area contributed by atoms with Crippen molar-refractivity contribution in [3.05, 3.63) is 11.2 Å². The molecule has 2 heterocycles. The first-order chi connectivity index (χ1) is 7.85. The van der Waals surface area contributed by atoms with E-state index in [0.717, 1.165) is 40.1 Å². The van der Waals surface area contributed by atoms with Gasteiger partial charge in [0.05, 0.1) is 16.1 Å². The minimum Gasteiger partial charge on any atom is -0.360 e. The number of nitrogens with zero attached hydrogens (tertiary/aromatic N) is 3. The van der Waals surface area contributed by atoms with Crippen LogP contribution in [-0.2, 0) is 6.42 Å². The molecule has 6 heteroatoms. The topological polar surface area (TPSA) is 50.7 Å². The number of aromatic nitrogens is 3. The predicted octanol–water partition coefficient (Wildman–Crippen LogP) is 3.05. The second-order valence-electron chi connectivity index (χ2n) is 3.32. The fourth-order valence-electron chi connectivity index (χ4n) is 1.31. The van der Waals surface area contributed by atoms with Crippen LogP contribution >= 0.6 is 22.7 Å². The Hall–Kier alpha value is -1.01. The summed E-state index contributed by atoms with van der Waals surface area (Å²) in [6.07, 6.45) is 2.03. The maximum Gasteiger partial charge on any atom is 0.206 e. The molecule has 2 aromatic rings. The van der Waals surface area contributed by atoms with Crippen molar-refractivity contribution in [2.45, 2.75) is 26.7 Å². The Kier molecular flexibility index (Phi) is 3.84. The highest BCUT2D eigenvalue weighted by atomic mass is 32.1. The van der Waals surface area contributed by atoms with Crippen LogP contribution in [0.4, 0.5) is 5.13 Å². The molecule has 0 fully saturated rings. The molecule has 0 spiro atoms. The first-order valence-corrected chi connectivity index (χ1v) is 7.04. The molecule has 0 unspecified atom stereocenters. The summed E-state index contributed by atoms with van der Waals surface area (Å²) in [5, 5.41) is 13.4. The third kappa shape index (κ3) is 2.38. The van der Waals surface area contributed by atoms with Crippen molar-refractivity contribution >= 4 is 27.8 Å². The number of thiazole rings is 1. The van der Waals surface area contributed by atoms with E-state index in [0.29, 0.717) is 0 Å². The molecule has 2 rings (SSSR count). The number of nitrogens with one attached hydrogen (secondary N) is 1. The Bertz CT molecular complexity index is 449. The van der Waals surface area contributed by atoms with Crippen LogP contribution in [0.5, 0.6) is 0 Å². The van der Waals surface area contributed by atoms with Crippen molar-refractivity contribution in [2.24, 2.45) is 0 Å². The molecule has 0 aliphatic rings. The van der Waals surface area contributed by atoms with Gasteiger partial charge in [0.25, 0.3) is 0 Å². The summed E-state index contributed by atoms with van der Waals surface area (Å²) < 4.78 is 0. The van der Waals surface area contributed by atoms with Crippen molar-refractivity contribution in [3.8, 4) is 9.88 Å². The minimum atomic E-state index is 0.896. The lowest BCUT2D eigenvalue weighted by Crippen LogP contribution is -1.98. The Morgan fingerprint density at radius 2 is 2.19 bits per heavy atom. The average molecular weight is 254 g/mol. The van der Waals surface area contributed by atoms with Crippen molar-refractivity contribution in [2.75, 3.05) is 11.9 Å². The van der Waals surface area contributed by atoms with Gasteiger partial charge < -0.3 is 5.32 Å². The van der Waals surface area contributed by atoms with E-state index in [1.165, 1.54) is 0 Å². The Balaban J connectivity index is 2.18. The molecule has 2 aromatic heterocycles. The van der Waals surface area contributed by atoms with E-state index in [1.54, 1.807) is 22.7 Å². The normalized spacial score (nSPS) is 10.6. The average Bonchev–Trinajstić information content (AvgIpc) is 2.94. The lowest BCUT2D eigenvalue weighted by molar-refractivity contribution is 0.963. The number of aryl methyl sites for hydroxylation is 1. The summed E-state index contributed by atoms with van der Waals surface area (Å²) >= 11 is 3.23. The van der Waals surface area contributed by atoms with Crippen LogP contribution in [0, 0.1) is 0 Å². The van der Waals surface area contributed by atoms with E-state index in [-0.39, 0.29) is 0 Å². The summed E-state index contributed by atoms with van der Waals surface area (Å²) in [5.41, 5.74) is 2.98. The lowest BCUT2D eigenvalue weighted by Gasteiger charge is -1.95. The molecule has 0 aromatic carbocycles. The molecule has 0 saturated carbocycles. The molecule has 0 atom stereocenters. The molecule has 0 aliphatic heterocycles. The van der Waals surface area contributed by atoms with E-state index >= 15 is 0 Å². The highest BCUT2D eigenvalue weighted by molar-refractivity contribution is 7.22. The number of rotatable bonds is 5. The van der Waals surface area contributed by atoms with Gasteiger partial charge >= 0.3 is 0 Å². The van der Waals surface area contributed by atoms with Crippen LogP contribution in [-0.4, -0.2) is 21.7 Å².